The van der Waals surface area contributed by atoms with Crippen molar-refractivity contribution in [1.29, 1.82) is 0 Å². The molecule has 2 rings (SSSR count). The first kappa shape index (κ1) is 27.2. The average Bonchev–Trinajstić information content (AvgIpc) is 2.74. The highest BCUT2D eigenvalue weighted by atomic mass is 16.4. The Hall–Kier alpha value is -3.06. The fourth-order valence-electron chi connectivity index (χ4n) is 3.76. The molecular formula is C22H28N4O8-4. The molecule has 0 N–H and O–H groups in total. The number of nitrogens with zero attached hydrogens (tertiary/aromatic N) is 4. The zero-order chi connectivity index (χ0) is 25.1. The number of aromatic carboxylic acids is 1. The molecule has 188 valence electrons. The Morgan fingerprint density at radius 2 is 0.882 bits per heavy atom. The molecule has 1 aliphatic heterocycles. The van der Waals surface area contributed by atoms with Crippen LogP contribution in [0.4, 0.5) is 0 Å². The Kier molecular flexibility index (Phi) is 10.9. The molecule has 12 nitrogen and oxygen atoms in total. The minimum absolute atomic E-state index is 0.0545. The molecule has 0 aliphatic carbocycles. The van der Waals surface area contributed by atoms with E-state index in [1.165, 1.54) is 12.1 Å². The molecule has 1 heterocycles. The number of carboxylic acid groups (broad SMARTS) is 4. The van der Waals surface area contributed by atoms with E-state index in [1.807, 2.05) is 4.90 Å². The smallest absolute Gasteiger partial charge is 0.0715 e. The van der Waals surface area contributed by atoms with Crippen LogP contribution in [0.25, 0.3) is 0 Å². The molecule has 12 heteroatoms. The molecule has 1 fully saturated rings. The van der Waals surface area contributed by atoms with Gasteiger partial charge in [-0.2, -0.15) is 0 Å². The predicted molar refractivity (Wildman–Crippen MR) is 110 cm³/mol. The van der Waals surface area contributed by atoms with E-state index in [0.29, 0.717) is 32.7 Å². The first-order valence-electron chi connectivity index (χ1n) is 10.9. The highest BCUT2D eigenvalue weighted by Crippen LogP contribution is 2.09. The molecule has 0 aromatic heterocycles. The number of carbonyl (C=O) groups excluding carboxylic acids is 4. The lowest BCUT2D eigenvalue weighted by Crippen LogP contribution is -2.51. The second kappa shape index (κ2) is 13.6. The molecule has 0 spiro atoms. The maximum Gasteiger partial charge on any atom is 0.0715 e. The van der Waals surface area contributed by atoms with Gasteiger partial charge in [0.25, 0.3) is 0 Å². The van der Waals surface area contributed by atoms with Crippen molar-refractivity contribution in [2.75, 3.05) is 72.0 Å². The maximum atomic E-state index is 11.2. The third-order valence-corrected chi connectivity index (χ3v) is 5.58. The van der Waals surface area contributed by atoms with Crippen LogP contribution >= 0.6 is 0 Å². The first-order valence-corrected chi connectivity index (χ1v) is 10.9. The maximum absolute atomic E-state index is 11.2. The lowest BCUT2D eigenvalue weighted by Gasteiger charge is -2.34. The molecule has 0 amide bonds. The van der Waals surface area contributed by atoms with Gasteiger partial charge in [0, 0.05) is 78.5 Å². The topological polar surface area (TPSA) is 173 Å². The minimum Gasteiger partial charge on any atom is -0.549 e. The van der Waals surface area contributed by atoms with Crippen molar-refractivity contribution in [1.82, 2.24) is 19.6 Å². The zero-order valence-corrected chi connectivity index (χ0v) is 18.8. The number of rotatable bonds is 9. The van der Waals surface area contributed by atoms with Gasteiger partial charge in [-0.3, -0.25) is 19.6 Å². The molecule has 1 aromatic carbocycles. The van der Waals surface area contributed by atoms with Crippen molar-refractivity contribution in [3.8, 4) is 0 Å². The molecule has 0 atom stereocenters. The van der Waals surface area contributed by atoms with Crippen LogP contribution in [0.2, 0.25) is 0 Å². The van der Waals surface area contributed by atoms with E-state index in [-0.39, 0.29) is 51.4 Å². The molecule has 0 unspecified atom stereocenters. The first-order chi connectivity index (χ1) is 16.1. The standard InChI is InChI=1S/C22H32N4O8/c27-19(28)14-24-7-5-23(13-17-1-3-18(4-2-17)22(33)34)6-8-25(15-20(29)30)10-12-26(11-9-24)16-21(31)32/h1-4H,5-16H2,(H,27,28)(H,29,30)(H,31,32)(H,33,34)/p-4. The van der Waals surface area contributed by atoms with Crippen LogP contribution in [0.5, 0.6) is 0 Å². The van der Waals surface area contributed by atoms with Crippen LogP contribution in [-0.2, 0) is 20.9 Å². The average molecular weight is 476 g/mol. The van der Waals surface area contributed by atoms with E-state index in [9.17, 15) is 39.6 Å². The molecule has 0 saturated carbocycles. The summed E-state index contributed by atoms with van der Waals surface area (Å²) in [5.41, 5.74) is 0.883. The minimum atomic E-state index is -1.28. The third-order valence-electron chi connectivity index (χ3n) is 5.58. The number of carboxylic acids is 4. The van der Waals surface area contributed by atoms with Gasteiger partial charge in [0.2, 0.25) is 0 Å². The fraction of sp³-hybridized carbons (Fsp3) is 0.545. The van der Waals surface area contributed by atoms with Crippen LogP contribution in [0.3, 0.4) is 0 Å². The van der Waals surface area contributed by atoms with Crippen molar-refractivity contribution in [2.45, 2.75) is 6.54 Å². The SMILES string of the molecule is O=C([O-])CN1CCN(CC(=O)[O-])CCN(Cc2ccc(C(=O)[O-])cc2)CCN(CC(=O)[O-])CC1. The summed E-state index contributed by atoms with van der Waals surface area (Å²) in [5, 5.41) is 44.5. The van der Waals surface area contributed by atoms with Gasteiger partial charge in [-0.05, 0) is 11.1 Å². The number of hydrogen-bond donors (Lipinski definition) is 0. The molecular weight excluding hydrogens is 448 g/mol. The van der Waals surface area contributed by atoms with Crippen LogP contribution in [-0.4, -0.2) is 115 Å². The Morgan fingerprint density at radius 1 is 0.559 bits per heavy atom. The summed E-state index contributed by atoms with van der Waals surface area (Å²) in [4.78, 5) is 51.4. The van der Waals surface area contributed by atoms with E-state index >= 15 is 0 Å². The van der Waals surface area contributed by atoms with Gasteiger partial charge in [-0.25, -0.2) is 0 Å². The summed E-state index contributed by atoms with van der Waals surface area (Å²) >= 11 is 0. The van der Waals surface area contributed by atoms with Gasteiger partial charge in [0.15, 0.2) is 0 Å². The summed E-state index contributed by atoms with van der Waals surface area (Å²) in [6.45, 7) is 2.09. The lowest BCUT2D eigenvalue weighted by atomic mass is 10.1. The van der Waals surface area contributed by atoms with E-state index in [4.69, 9.17) is 0 Å². The Bertz CT molecular complexity index is 816. The molecule has 34 heavy (non-hydrogen) atoms. The van der Waals surface area contributed by atoms with Crippen molar-refractivity contribution in [3.05, 3.63) is 35.4 Å². The molecule has 1 saturated heterocycles. The van der Waals surface area contributed by atoms with Gasteiger partial charge in [0.05, 0.1) is 23.9 Å². The second-order valence-electron chi connectivity index (χ2n) is 8.20. The Balaban J connectivity index is 2.17. The highest BCUT2D eigenvalue weighted by molar-refractivity contribution is 5.85. The van der Waals surface area contributed by atoms with Crippen molar-refractivity contribution in [3.63, 3.8) is 0 Å². The van der Waals surface area contributed by atoms with Gasteiger partial charge in [-0.1, -0.05) is 24.3 Å². The molecule has 1 aromatic rings. The fourth-order valence-corrected chi connectivity index (χ4v) is 3.76. The zero-order valence-electron chi connectivity index (χ0n) is 18.8. The Labute approximate surface area is 197 Å². The van der Waals surface area contributed by atoms with Crippen LogP contribution in [0.15, 0.2) is 24.3 Å². The number of hydrogen-bond acceptors (Lipinski definition) is 12. The largest absolute Gasteiger partial charge is 0.549 e. The number of benzene rings is 1. The molecule has 1 aliphatic rings. The lowest BCUT2D eigenvalue weighted by molar-refractivity contribution is -0.308. The number of carbonyl (C=O) groups is 4. The van der Waals surface area contributed by atoms with E-state index < -0.39 is 23.9 Å². The second-order valence-corrected chi connectivity index (χ2v) is 8.20. The van der Waals surface area contributed by atoms with Crippen molar-refractivity contribution >= 4 is 23.9 Å². The molecule has 0 bridgehead atoms. The monoisotopic (exact) mass is 476 g/mol. The normalized spacial score (nSPS) is 18.0. The van der Waals surface area contributed by atoms with Gasteiger partial charge < -0.3 is 39.6 Å². The van der Waals surface area contributed by atoms with E-state index in [1.54, 1.807) is 26.8 Å². The third kappa shape index (κ3) is 10.3. The summed E-state index contributed by atoms with van der Waals surface area (Å²) in [7, 11) is 0. The summed E-state index contributed by atoms with van der Waals surface area (Å²) in [5.74, 6) is -5.05. The van der Waals surface area contributed by atoms with Gasteiger partial charge in [-0.15, -0.1) is 0 Å². The molecule has 0 radical (unpaired) electrons. The van der Waals surface area contributed by atoms with Crippen molar-refractivity contribution < 1.29 is 39.6 Å². The van der Waals surface area contributed by atoms with E-state index in [0.717, 1.165) is 5.56 Å². The quantitative estimate of drug-likeness (QED) is 0.331. The van der Waals surface area contributed by atoms with Crippen LogP contribution in [0.1, 0.15) is 15.9 Å². The predicted octanol–water partition coefficient (Wildman–Crippen LogP) is -5.98. The summed E-state index contributed by atoms with van der Waals surface area (Å²) in [6.07, 6.45) is 0. The van der Waals surface area contributed by atoms with Gasteiger partial charge >= 0.3 is 0 Å². The Morgan fingerprint density at radius 3 is 1.18 bits per heavy atom. The highest BCUT2D eigenvalue weighted by Gasteiger charge is 2.17. The van der Waals surface area contributed by atoms with E-state index in [2.05, 4.69) is 0 Å². The van der Waals surface area contributed by atoms with Crippen molar-refractivity contribution in [2.24, 2.45) is 0 Å². The van der Waals surface area contributed by atoms with Crippen LogP contribution in [0, 0.1) is 0 Å². The van der Waals surface area contributed by atoms with Gasteiger partial charge in [0.1, 0.15) is 0 Å². The van der Waals surface area contributed by atoms with Crippen LogP contribution < -0.4 is 20.4 Å². The summed E-state index contributed by atoms with van der Waals surface area (Å²) < 4.78 is 0. The summed E-state index contributed by atoms with van der Waals surface area (Å²) in [6, 6.07) is 6.21. The number of aliphatic carboxylic acids is 3.